The number of benzene rings is 1. The number of hydrogen-bond donors (Lipinski definition) is 1. The van der Waals surface area contributed by atoms with Crippen LogP contribution in [0.5, 0.6) is 5.75 Å². The maximum atomic E-state index is 5.59. The Balaban J connectivity index is 1.92. The maximum Gasteiger partial charge on any atom is 0.142 e. The van der Waals surface area contributed by atoms with Crippen LogP contribution in [0.15, 0.2) is 18.2 Å². The number of ether oxygens (including phenoxy) is 1. The first kappa shape index (κ1) is 13.7. The zero-order valence-corrected chi connectivity index (χ0v) is 12.9. The van der Waals surface area contributed by atoms with E-state index in [1.807, 2.05) is 0 Å². The van der Waals surface area contributed by atoms with Crippen molar-refractivity contribution in [3.05, 3.63) is 23.8 Å². The van der Waals surface area contributed by atoms with Crippen LogP contribution in [0, 0.1) is 6.92 Å². The highest BCUT2D eigenvalue weighted by molar-refractivity contribution is 5.61. The van der Waals surface area contributed by atoms with Gasteiger partial charge in [0.2, 0.25) is 0 Å². The van der Waals surface area contributed by atoms with Crippen LogP contribution in [-0.4, -0.2) is 31.8 Å². The number of nitrogens with one attached hydrogen (secondary N) is 1. The lowest BCUT2D eigenvalue weighted by Crippen LogP contribution is -2.62. The molecule has 1 saturated heterocycles. The molecule has 1 aliphatic carbocycles. The van der Waals surface area contributed by atoms with E-state index in [4.69, 9.17) is 4.74 Å². The smallest absolute Gasteiger partial charge is 0.142 e. The van der Waals surface area contributed by atoms with E-state index in [2.05, 4.69) is 42.3 Å². The third-order valence-electron chi connectivity index (χ3n) is 4.98. The van der Waals surface area contributed by atoms with Gasteiger partial charge in [0.25, 0.3) is 0 Å². The molecule has 1 heterocycles. The lowest BCUT2D eigenvalue weighted by molar-refractivity contribution is 0.275. The Morgan fingerprint density at radius 3 is 2.75 bits per heavy atom. The molecular formula is C17H26N2O. The van der Waals surface area contributed by atoms with Crippen molar-refractivity contribution >= 4 is 5.69 Å². The number of anilines is 1. The second-order valence-electron chi connectivity index (χ2n) is 6.52. The Hall–Kier alpha value is -1.22. The maximum absolute atomic E-state index is 5.59. The van der Waals surface area contributed by atoms with Gasteiger partial charge in [-0.15, -0.1) is 0 Å². The molecule has 1 spiro atoms. The average Bonchev–Trinajstić information content (AvgIpc) is 2.90. The summed E-state index contributed by atoms with van der Waals surface area (Å²) in [4.78, 5) is 2.55. The van der Waals surface area contributed by atoms with E-state index >= 15 is 0 Å². The van der Waals surface area contributed by atoms with E-state index in [0.717, 1.165) is 18.8 Å². The Kier molecular flexibility index (Phi) is 3.63. The van der Waals surface area contributed by atoms with Crippen LogP contribution in [-0.2, 0) is 0 Å². The van der Waals surface area contributed by atoms with Crippen molar-refractivity contribution < 1.29 is 4.74 Å². The molecule has 20 heavy (non-hydrogen) atoms. The Morgan fingerprint density at radius 1 is 1.30 bits per heavy atom. The minimum atomic E-state index is 0.335. The molecule has 3 rings (SSSR count). The fourth-order valence-corrected chi connectivity index (χ4v) is 3.75. The molecule has 0 aromatic heterocycles. The number of aryl methyl sites for hydroxylation is 1. The highest BCUT2D eigenvalue weighted by atomic mass is 16.5. The number of piperazine rings is 1. The van der Waals surface area contributed by atoms with Gasteiger partial charge in [-0.05, 0) is 44.4 Å². The fourth-order valence-electron chi connectivity index (χ4n) is 3.75. The molecule has 1 aliphatic heterocycles. The molecule has 1 unspecified atom stereocenters. The second-order valence-corrected chi connectivity index (χ2v) is 6.52. The number of methoxy groups -OCH3 is 1. The first-order valence-electron chi connectivity index (χ1n) is 7.80. The molecular weight excluding hydrogens is 248 g/mol. The summed E-state index contributed by atoms with van der Waals surface area (Å²) >= 11 is 0. The summed E-state index contributed by atoms with van der Waals surface area (Å²) < 4.78 is 5.59. The second kappa shape index (κ2) is 5.28. The minimum Gasteiger partial charge on any atom is -0.495 e. The van der Waals surface area contributed by atoms with Gasteiger partial charge in [0.15, 0.2) is 0 Å². The van der Waals surface area contributed by atoms with E-state index < -0.39 is 0 Å². The van der Waals surface area contributed by atoms with Crippen molar-refractivity contribution in [2.24, 2.45) is 0 Å². The van der Waals surface area contributed by atoms with Gasteiger partial charge in [0.05, 0.1) is 12.8 Å². The van der Waals surface area contributed by atoms with Gasteiger partial charge in [-0.3, -0.25) is 0 Å². The van der Waals surface area contributed by atoms with E-state index in [0.29, 0.717) is 11.6 Å². The number of rotatable bonds is 2. The standard InChI is InChI=1S/C17H26N2O/c1-13-6-7-16(20-3)15(10-13)19-12-17(8-4-5-9-17)18-11-14(19)2/h6-7,10,14,18H,4-5,8-9,11-12H2,1-3H3. The SMILES string of the molecule is COc1ccc(C)cc1N1CC2(CCCC2)NCC1C. The van der Waals surface area contributed by atoms with Gasteiger partial charge in [-0.25, -0.2) is 0 Å². The van der Waals surface area contributed by atoms with Crippen LogP contribution in [0.2, 0.25) is 0 Å². The first-order chi connectivity index (χ1) is 9.63. The fraction of sp³-hybridized carbons (Fsp3) is 0.647. The molecule has 3 nitrogen and oxygen atoms in total. The van der Waals surface area contributed by atoms with Crippen molar-refractivity contribution in [3.8, 4) is 5.75 Å². The van der Waals surface area contributed by atoms with E-state index in [1.165, 1.54) is 36.9 Å². The molecule has 0 radical (unpaired) electrons. The number of hydrogen-bond acceptors (Lipinski definition) is 3. The van der Waals surface area contributed by atoms with Crippen molar-refractivity contribution in [1.29, 1.82) is 0 Å². The molecule has 110 valence electrons. The summed E-state index contributed by atoms with van der Waals surface area (Å²) in [5, 5.41) is 3.81. The van der Waals surface area contributed by atoms with Gasteiger partial charge < -0.3 is 15.0 Å². The molecule has 0 amide bonds. The minimum absolute atomic E-state index is 0.335. The zero-order valence-electron chi connectivity index (χ0n) is 12.9. The topological polar surface area (TPSA) is 24.5 Å². The molecule has 3 heteroatoms. The van der Waals surface area contributed by atoms with Crippen molar-refractivity contribution in [2.45, 2.75) is 51.1 Å². The van der Waals surface area contributed by atoms with Crippen LogP contribution in [0.3, 0.4) is 0 Å². The zero-order chi connectivity index (χ0) is 14.2. The summed E-state index contributed by atoms with van der Waals surface area (Å²) in [5.41, 5.74) is 2.89. The highest BCUT2D eigenvalue weighted by Gasteiger charge is 2.40. The van der Waals surface area contributed by atoms with Gasteiger partial charge in [-0.2, -0.15) is 0 Å². The average molecular weight is 274 g/mol. The quantitative estimate of drug-likeness (QED) is 0.897. The van der Waals surface area contributed by atoms with Crippen LogP contribution in [0.1, 0.15) is 38.2 Å². The molecule has 1 aromatic carbocycles. The predicted molar refractivity (Wildman–Crippen MR) is 83.7 cm³/mol. The van der Waals surface area contributed by atoms with Crippen molar-refractivity contribution in [3.63, 3.8) is 0 Å². The van der Waals surface area contributed by atoms with E-state index in [9.17, 15) is 0 Å². The lowest BCUT2D eigenvalue weighted by atomic mass is 9.92. The molecule has 2 aliphatic rings. The van der Waals surface area contributed by atoms with Crippen molar-refractivity contribution in [1.82, 2.24) is 5.32 Å². The molecule has 2 fully saturated rings. The van der Waals surface area contributed by atoms with E-state index in [1.54, 1.807) is 7.11 Å². The van der Waals surface area contributed by atoms with Crippen molar-refractivity contribution in [2.75, 3.05) is 25.1 Å². The van der Waals surface area contributed by atoms with Gasteiger partial charge in [0.1, 0.15) is 5.75 Å². The number of nitrogens with zero attached hydrogens (tertiary/aromatic N) is 1. The normalized spacial score (nSPS) is 25.1. The van der Waals surface area contributed by atoms with Crippen LogP contribution >= 0.6 is 0 Å². The molecule has 0 bridgehead atoms. The highest BCUT2D eigenvalue weighted by Crippen LogP contribution is 2.38. The van der Waals surface area contributed by atoms with Crippen LogP contribution in [0.4, 0.5) is 5.69 Å². The Morgan fingerprint density at radius 2 is 2.05 bits per heavy atom. The van der Waals surface area contributed by atoms with Gasteiger partial charge in [0, 0.05) is 24.7 Å². The third kappa shape index (κ3) is 2.39. The van der Waals surface area contributed by atoms with Gasteiger partial charge in [-0.1, -0.05) is 18.9 Å². The third-order valence-corrected chi connectivity index (χ3v) is 4.98. The summed E-state index contributed by atoms with van der Waals surface area (Å²) in [5.74, 6) is 0.998. The molecule has 1 aromatic rings. The summed E-state index contributed by atoms with van der Waals surface area (Å²) in [6.07, 6.45) is 5.34. The monoisotopic (exact) mass is 274 g/mol. The van der Waals surface area contributed by atoms with E-state index in [-0.39, 0.29) is 0 Å². The summed E-state index contributed by atoms with van der Waals surface area (Å²) in [6, 6.07) is 7.00. The van der Waals surface area contributed by atoms with Crippen LogP contribution < -0.4 is 15.0 Å². The molecule has 1 atom stereocenters. The Labute approximate surface area is 122 Å². The van der Waals surface area contributed by atoms with Crippen LogP contribution in [0.25, 0.3) is 0 Å². The summed E-state index contributed by atoms with van der Waals surface area (Å²) in [7, 11) is 1.77. The Bertz CT molecular complexity index is 480. The molecule has 1 saturated carbocycles. The molecule has 1 N–H and O–H groups in total. The predicted octanol–water partition coefficient (Wildman–Crippen LogP) is 3.11. The van der Waals surface area contributed by atoms with Gasteiger partial charge >= 0.3 is 0 Å². The lowest BCUT2D eigenvalue weighted by Gasteiger charge is -2.46. The first-order valence-corrected chi connectivity index (χ1v) is 7.80. The summed E-state index contributed by atoms with van der Waals surface area (Å²) in [6.45, 7) is 6.63. The largest absolute Gasteiger partial charge is 0.495 e.